The quantitative estimate of drug-likeness (QED) is 0.584. The Labute approximate surface area is 141 Å². The minimum atomic E-state index is -1.16. The summed E-state index contributed by atoms with van der Waals surface area (Å²) in [5, 5.41) is 18.6. The van der Waals surface area contributed by atoms with Crippen molar-refractivity contribution in [3.63, 3.8) is 0 Å². The fourth-order valence-electron chi connectivity index (χ4n) is 2.07. The Morgan fingerprint density at radius 1 is 1.39 bits per heavy atom. The molecule has 0 heterocycles. The van der Waals surface area contributed by atoms with Gasteiger partial charge in [-0.3, -0.25) is 4.79 Å². The molecule has 0 bridgehead atoms. The molecule has 0 aromatic heterocycles. The van der Waals surface area contributed by atoms with Crippen molar-refractivity contribution in [2.24, 2.45) is 5.92 Å². The maximum Gasteiger partial charge on any atom is 0.341 e. The predicted molar refractivity (Wildman–Crippen MR) is 89.0 cm³/mol. The van der Waals surface area contributed by atoms with E-state index in [1.165, 1.54) is 24.3 Å². The number of allylic oxidation sites excluding steroid dienone is 6. The normalized spacial score (nSPS) is 17.1. The van der Waals surface area contributed by atoms with Crippen molar-refractivity contribution in [2.75, 3.05) is 6.61 Å². The van der Waals surface area contributed by atoms with Gasteiger partial charge in [0.15, 0.2) is 12.4 Å². The first kappa shape index (κ1) is 17.0. The zero-order valence-corrected chi connectivity index (χ0v) is 13.7. The summed E-state index contributed by atoms with van der Waals surface area (Å²) in [4.78, 5) is 22.9. The molecule has 0 radical (unpaired) electrons. The van der Waals surface area contributed by atoms with Gasteiger partial charge in [0.05, 0.1) is 0 Å². The highest BCUT2D eigenvalue weighted by Crippen LogP contribution is 2.29. The first-order valence-electron chi connectivity index (χ1n) is 6.90. The lowest BCUT2D eigenvalue weighted by Gasteiger charge is -2.11. The predicted octanol–water partition coefficient (Wildman–Crippen LogP) is 3.45. The van der Waals surface area contributed by atoms with E-state index in [1.54, 1.807) is 6.08 Å². The van der Waals surface area contributed by atoms with Crippen molar-refractivity contribution < 1.29 is 24.5 Å². The maximum absolute atomic E-state index is 12.3. The summed E-state index contributed by atoms with van der Waals surface area (Å²) in [6.07, 6.45) is 9.74. The van der Waals surface area contributed by atoms with Crippen LogP contribution in [-0.2, 0) is 4.79 Å². The number of aromatic hydroxyl groups is 1. The number of carbonyl (C=O) groups excluding carboxylic acids is 1. The lowest BCUT2D eigenvalue weighted by atomic mass is 9.99. The number of phenolic OH excluding ortho intramolecular Hbond substituents is 1. The number of carbonyl (C=O) groups is 2. The molecule has 2 rings (SSSR count). The van der Waals surface area contributed by atoms with E-state index < -0.39 is 18.4 Å². The molecule has 2 N–H and O–H groups in total. The van der Waals surface area contributed by atoms with E-state index in [2.05, 4.69) is 15.9 Å². The first-order valence-corrected chi connectivity index (χ1v) is 7.69. The van der Waals surface area contributed by atoms with Gasteiger partial charge in [0.1, 0.15) is 17.1 Å². The van der Waals surface area contributed by atoms with Gasteiger partial charge in [-0.05, 0) is 30.5 Å². The summed E-state index contributed by atoms with van der Waals surface area (Å²) in [7, 11) is 0. The van der Waals surface area contributed by atoms with Crippen molar-refractivity contribution in [3.05, 3.63) is 58.6 Å². The zero-order chi connectivity index (χ0) is 16.8. The molecule has 0 saturated heterocycles. The van der Waals surface area contributed by atoms with Gasteiger partial charge >= 0.3 is 5.97 Å². The summed E-state index contributed by atoms with van der Waals surface area (Å²) in [5.74, 6) is -1.71. The number of hydrogen-bond donors (Lipinski definition) is 2. The molecule has 0 spiro atoms. The average molecular weight is 379 g/mol. The Morgan fingerprint density at radius 2 is 2.17 bits per heavy atom. The highest BCUT2D eigenvalue weighted by Gasteiger charge is 2.16. The van der Waals surface area contributed by atoms with Crippen molar-refractivity contribution in [2.45, 2.75) is 6.42 Å². The van der Waals surface area contributed by atoms with Crippen LogP contribution in [0.25, 0.3) is 0 Å². The summed E-state index contributed by atoms with van der Waals surface area (Å²) in [6, 6.07) is 4.29. The number of ether oxygens (including phenoxy) is 1. The number of ketones is 1. The van der Waals surface area contributed by atoms with Gasteiger partial charge in [0, 0.05) is 4.48 Å². The Hall–Kier alpha value is -2.34. The topological polar surface area (TPSA) is 83.8 Å². The Balaban J connectivity index is 2.15. The number of carboxylic acid groups (broad SMARTS) is 1. The van der Waals surface area contributed by atoms with Crippen LogP contribution in [0.1, 0.15) is 16.8 Å². The summed E-state index contributed by atoms with van der Waals surface area (Å²) in [5.41, 5.74) is -0.0403. The molecule has 1 aromatic rings. The molecule has 5 nitrogen and oxygen atoms in total. The standard InChI is InChI=1S/C17H15BrO5/c18-12-7-4-11(5-8-12)6-9-14(20)17-13(19)2-1-3-15(17)23-10-16(21)22/h1-4,6-9,11,19H,5,10H2,(H,21,22). The van der Waals surface area contributed by atoms with E-state index in [1.807, 2.05) is 18.2 Å². The third-order valence-corrected chi connectivity index (χ3v) is 3.77. The fraction of sp³-hybridized carbons (Fsp3) is 0.176. The van der Waals surface area contributed by atoms with Crippen LogP contribution in [-0.4, -0.2) is 28.6 Å². The number of aliphatic carboxylic acids is 1. The molecule has 1 aliphatic rings. The second-order valence-electron chi connectivity index (χ2n) is 4.90. The van der Waals surface area contributed by atoms with Gasteiger partial charge in [-0.15, -0.1) is 0 Å². The average Bonchev–Trinajstić information content (AvgIpc) is 2.52. The number of rotatable bonds is 6. The van der Waals surface area contributed by atoms with Crippen LogP contribution in [0.4, 0.5) is 0 Å². The van der Waals surface area contributed by atoms with Gasteiger partial charge in [-0.25, -0.2) is 4.79 Å². The third kappa shape index (κ3) is 4.82. The minimum Gasteiger partial charge on any atom is -0.507 e. The van der Waals surface area contributed by atoms with Crippen LogP contribution in [0.3, 0.4) is 0 Å². The minimum absolute atomic E-state index is 0.0403. The Bertz CT molecular complexity index is 703. The van der Waals surface area contributed by atoms with E-state index in [0.29, 0.717) is 0 Å². The van der Waals surface area contributed by atoms with Crippen molar-refractivity contribution in [3.8, 4) is 11.5 Å². The van der Waals surface area contributed by atoms with Crippen LogP contribution in [0, 0.1) is 5.92 Å². The first-order chi connectivity index (χ1) is 11.0. The highest BCUT2D eigenvalue weighted by atomic mass is 79.9. The third-order valence-electron chi connectivity index (χ3n) is 3.18. The molecule has 0 aliphatic heterocycles. The molecule has 1 aliphatic carbocycles. The van der Waals surface area contributed by atoms with Crippen LogP contribution in [0.2, 0.25) is 0 Å². The second kappa shape index (κ2) is 7.78. The van der Waals surface area contributed by atoms with Crippen LogP contribution < -0.4 is 4.74 Å². The zero-order valence-electron chi connectivity index (χ0n) is 12.1. The van der Waals surface area contributed by atoms with Gasteiger partial charge < -0.3 is 14.9 Å². The molecule has 0 fully saturated rings. The molecular formula is C17H15BrO5. The highest BCUT2D eigenvalue weighted by molar-refractivity contribution is 9.11. The molecule has 1 unspecified atom stereocenters. The van der Waals surface area contributed by atoms with E-state index in [-0.39, 0.29) is 23.0 Å². The molecule has 0 saturated carbocycles. The SMILES string of the molecule is O=C(O)COc1cccc(O)c1C(=O)C=CC1C=CC(Br)=CC1. The molecule has 0 amide bonds. The number of hydrogen-bond acceptors (Lipinski definition) is 4. The molecule has 1 aromatic carbocycles. The molecular weight excluding hydrogens is 364 g/mol. The monoisotopic (exact) mass is 378 g/mol. The number of halogens is 1. The van der Waals surface area contributed by atoms with Gasteiger partial charge in [0.25, 0.3) is 0 Å². The van der Waals surface area contributed by atoms with E-state index in [4.69, 9.17) is 9.84 Å². The Morgan fingerprint density at radius 3 is 2.83 bits per heavy atom. The number of benzene rings is 1. The van der Waals surface area contributed by atoms with Crippen molar-refractivity contribution >= 4 is 27.7 Å². The van der Waals surface area contributed by atoms with Crippen molar-refractivity contribution in [1.29, 1.82) is 0 Å². The second-order valence-corrected chi connectivity index (χ2v) is 5.82. The molecule has 120 valence electrons. The van der Waals surface area contributed by atoms with Crippen LogP contribution >= 0.6 is 15.9 Å². The molecule has 6 heteroatoms. The van der Waals surface area contributed by atoms with E-state index in [9.17, 15) is 14.7 Å². The van der Waals surface area contributed by atoms with Crippen molar-refractivity contribution in [1.82, 2.24) is 0 Å². The van der Waals surface area contributed by atoms with Gasteiger partial charge in [-0.1, -0.05) is 46.3 Å². The van der Waals surface area contributed by atoms with Crippen LogP contribution in [0.15, 0.2) is 53.1 Å². The summed E-state index contributed by atoms with van der Waals surface area (Å²) in [6.45, 7) is -0.586. The molecule has 23 heavy (non-hydrogen) atoms. The lowest BCUT2D eigenvalue weighted by Crippen LogP contribution is -2.11. The maximum atomic E-state index is 12.3. The van der Waals surface area contributed by atoms with Crippen LogP contribution in [0.5, 0.6) is 11.5 Å². The number of carboxylic acids is 1. The number of phenols is 1. The summed E-state index contributed by atoms with van der Waals surface area (Å²) >= 11 is 3.37. The smallest absolute Gasteiger partial charge is 0.341 e. The summed E-state index contributed by atoms with van der Waals surface area (Å²) < 4.78 is 6.06. The molecule has 1 atom stereocenters. The van der Waals surface area contributed by atoms with Gasteiger partial charge in [-0.2, -0.15) is 0 Å². The Kier molecular flexibility index (Phi) is 5.76. The van der Waals surface area contributed by atoms with E-state index in [0.717, 1.165) is 10.9 Å². The van der Waals surface area contributed by atoms with Gasteiger partial charge in [0.2, 0.25) is 0 Å². The largest absolute Gasteiger partial charge is 0.507 e. The lowest BCUT2D eigenvalue weighted by molar-refractivity contribution is -0.139. The van der Waals surface area contributed by atoms with E-state index >= 15 is 0 Å². The fourth-order valence-corrected chi connectivity index (χ4v) is 2.41.